The summed E-state index contributed by atoms with van der Waals surface area (Å²) in [6, 6.07) is 35.9. The molecule has 288 valence electrons. The van der Waals surface area contributed by atoms with Crippen molar-refractivity contribution in [2.45, 2.75) is 62.8 Å². The summed E-state index contributed by atoms with van der Waals surface area (Å²) < 4.78 is 84.2. The molecule has 0 N–H and O–H groups in total. The molecule has 1 spiro atoms. The number of benzene rings is 5. The van der Waals surface area contributed by atoms with Crippen LogP contribution in [-0.4, -0.2) is 52.8 Å². The van der Waals surface area contributed by atoms with E-state index in [0.29, 0.717) is 30.9 Å². The minimum absolute atomic E-state index is 0.0115. The molecule has 9 nitrogen and oxygen atoms in total. The number of ether oxygens (including phenoxy) is 6. The van der Waals surface area contributed by atoms with E-state index in [2.05, 4.69) is 10.3 Å². The predicted molar refractivity (Wildman–Crippen MR) is 200 cm³/mol. The number of aryl methyl sites for hydroxylation is 1. The largest absolute Gasteiger partial charge is 0.497 e. The molecule has 0 amide bonds. The standard InChI is InChI=1S/C44H40F3N3O6/c1-51-34-17-18-38-32(21-34)19-20-44(55-38)43(54-27-31-15-9-4-10-16-31)41(50-24-37(48-49-50)33-22-35(45)40(47)36(46)23-33)42(53-26-30-13-7-3-8-14-30)39(56-44)28-52-25-29-11-5-2-6-12-29/h2-18,21-24,39,41-43H,19-20,25-28H2,1H3/t39-,41+,42+,43-,44?/m1/s1. The third kappa shape index (κ3) is 8.05. The van der Waals surface area contributed by atoms with Crippen LogP contribution in [0.1, 0.15) is 34.7 Å². The molecule has 1 unspecified atom stereocenters. The van der Waals surface area contributed by atoms with Crippen LogP contribution in [0.4, 0.5) is 13.2 Å². The van der Waals surface area contributed by atoms with E-state index in [1.165, 1.54) is 0 Å². The first kappa shape index (κ1) is 37.4. The molecule has 1 aromatic heterocycles. The summed E-state index contributed by atoms with van der Waals surface area (Å²) >= 11 is 0. The molecule has 5 atom stereocenters. The lowest BCUT2D eigenvalue weighted by molar-refractivity contribution is -0.347. The lowest BCUT2D eigenvalue weighted by Crippen LogP contribution is -2.67. The van der Waals surface area contributed by atoms with E-state index in [4.69, 9.17) is 28.4 Å². The molecule has 0 bridgehead atoms. The molecule has 1 saturated heterocycles. The maximum Gasteiger partial charge on any atom is 0.240 e. The second kappa shape index (κ2) is 16.7. The molecule has 8 rings (SSSR count). The van der Waals surface area contributed by atoms with Gasteiger partial charge < -0.3 is 28.4 Å². The zero-order valence-electron chi connectivity index (χ0n) is 30.6. The lowest BCUT2D eigenvalue weighted by Gasteiger charge is -2.53. The average molecular weight is 764 g/mol. The Balaban J connectivity index is 1.24. The van der Waals surface area contributed by atoms with Crippen LogP contribution in [0.3, 0.4) is 0 Å². The van der Waals surface area contributed by atoms with Crippen molar-refractivity contribution in [1.82, 2.24) is 15.0 Å². The summed E-state index contributed by atoms with van der Waals surface area (Å²) in [5, 5.41) is 8.83. The molecular formula is C44H40F3N3O6. The summed E-state index contributed by atoms with van der Waals surface area (Å²) in [6.07, 6.45) is 0.0809. The number of aromatic nitrogens is 3. The molecule has 12 heteroatoms. The Bertz CT molecular complexity index is 2210. The Morgan fingerprint density at radius 1 is 0.768 bits per heavy atom. The van der Waals surface area contributed by atoms with Crippen molar-refractivity contribution >= 4 is 0 Å². The van der Waals surface area contributed by atoms with Gasteiger partial charge in [0.1, 0.15) is 41.5 Å². The fourth-order valence-corrected chi connectivity index (χ4v) is 7.35. The van der Waals surface area contributed by atoms with Crippen molar-refractivity contribution < 1.29 is 41.6 Å². The molecule has 1 fully saturated rings. The maximum absolute atomic E-state index is 14.5. The van der Waals surface area contributed by atoms with Crippen LogP contribution in [0.2, 0.25) is 0 Å². The van der Waals surface area contributed by atoms with E-state index in [-0.39, 0.29) is 31.1 Å². The summed E-state index contributed by atoms with van der Waals surface area (Å²) in [5.74, 6) is -4.33. The molecule has 56 heavy (non-hydrogen) atoms. The van der Waals surface area contributed by atoms with Crippen molar-refractivity contribution in [3.05, 3.63) is 167 Å². The topological polar surface area (TPSA) is 86.1 Å². The van der Waals surface area contributed by atoms with Crippen LogP contribution < -0.4 is 9.47 Å². The number of fused-ring (bicyclic) bond motifs is 1. The summed E-state index contributed by atoms with van der Waals surface area (Å²) in [7, 11) is 1.62. The Hall–Kier alpha value is -5.53. The molecular weight excluding hydrogens is 723 g/mol. The van der Waals surface area contributed by atoms with Crippen molar-refractivity contribution in [2.24, 2.45) is 0 Å². The molecule has 3 heterocycles. The summed E-state index contributed by atoms with van der Waals surface area (Å²) in [4.78, 5) is 0. The monoisotopic (exact) mass is 763 g/mol. The number of rotatable bonds is 13. The first-order chi connectivity index (χ1) is 27.4. The molecule has 2 aliphatic rings. The van der Waals surface area contributed by atoms with Crippen LogP contribution in [0.15, 0.2) is 128 Å². The lowest BCUT2D eigenvalue weighted by atomic mass is 9.84. The fraction of sp³-hybridized carbons (Fsp3) is 0.273. The molecule has 0 aliphatic carbocycles. The Morgan fingerprint density at radius 3 is 2.04 bits per heavy atom. The average Bonchev–Trinajstić information content (AvgIpc) is 3.73. The van der Waals surface area contributed by atoms with E-state index in [9.17, 15) is 13.2 Å². The van der Waals surface area contributed by atoms with Gasteiger partial charge in [-0.2, -0.15) is 0 Å². The Morgan fingerprint density at radius 2 is 1.39 bits per heavy atom. The van der Waals surface area contributed by atoms with Gasteiger partial charge in [0.05, 0.1) is 39.7 Å². The molecule has 0 saturated carbocycles. The van der Waals surface area contributed by atoms with Gasteiger partial charge in [0.15, 0.2) is 17.5 Å². The quantitative estimate of drug-likeness (QED) is 0.109. The van der Waals surface area contributed by atoms with Gasteiger partial charge in [-0.25, -0.2) is 17.9 Å². The van der Waals surface area contributed by atoms with Crippen molar-refractivity contribution in [3.63, 3.8) is 0 Å². The van der Waals surface area contributed by atoms with Crippen LogP contribution in [0.5, 0.6) is 11.5 Å². The third-order valence-electron chi connectivity index (χ3n) is 10.1. The number of nitrogens with zero attached hydrogens (tertiary/aromatic N) is 3. The highest BCUT2D eigenvalue weighted by Gasteiger charge is 2.60. The van der Waals surface area contributed by atoms with Crippen LogP contribution in [0, 0.1) is 17.5 Å². The number of halogens is 3. The molecule has 5 aromatic carbocycles. The van der Waals surface area contributed by atoms with Crippen molar-refractivity contribution in [2.75, 3.05) is 13.7 Å². The summed E-state index contributed by atoms with van der Waals surface area (Å²) in [6.45, 7) is 0.810. The van der Waals surface area contributed by atoms with Crippen LogP contribution in [-0.2, 0) is 45.2 Å². The minimum atomic E-state index is -1.57. The van der Waals surface area contributed by atoms with Gasteiger partial charge in [0, 0.05) is 12.0 Å². The number of hydrogen-bond acceptors (Lipinski definition) is 8. The zero-order chi connectivity index (χ0) is 38.5. The second-order valence-corrected chi connectivity index (χ2v) is 13.9. The zero-order valence-corrected chi connectivity index (χ0v) is 30.6. The van der Waals surface area contributed by atoms with Gasteiger partial charge >= 0.3 is 0 Å². The van der Waals surface area contributed by atoms with E-state index in [1.807, 2.05) is 109 Å². The molecule has 2 aliphatic heterocycles. The van der Waals surface area contributed by atoms with E-state index in [0.717, 1.165) is 34.4 Å². The van der Waals surface area contributed by atoms with Crippen LogP contribution in [0.25, 0.3) is 11.3 Å². The first-order valence-corrected chi connectivity index (χ1v) is 18.4. The summed E-state index contributed by atoms with van der Waals surface area (Å²) in [5.41, 5.74) is 3.89. The second-order valence-electron chi connectivity index (χ2n) is 13.9. The third-order valence-corrected chi connectivity index (χ3v) is 10.1. The van der Waals surface area contributed by atoms with Gasteiger partial charge in [-0.15, -0.1) is 5.10 Å². The first-order valence-electron chi connectivity index (χ1n) is 18.4. The highest BCUT2D eigenvalue weighted by molar-refractivity contribution is 5.58. The highest BCUT2D eigenvalue weighted by Crippen LogP contribution is 2.48. The predicted octanol–water partition coefficient (Wildman–Crippen LogP) is 8.42. The molecule has 6 aromatic rings. The van der Waals surface area contributed by atoms with Gasteiger partial charge in [-0.05, 0) is 59.0 Å². The molecule has 0 radical (unpaired) electrons. The number of hydrogen-bond donors (Lipinski definition) is 0. The van der Waals surface area contributed by atoms with Gasteiger partial charge in [0.2, 0.25) is 5.79 Å². The fourth-order valence-electron chi connectivity index (χ4n) is 7.35. The highest BCUT2D eigenvalue weighted by atomic mass is 19.2. The number of methoxy groups -OCH3 is 1. The van der Waals surface area contributed by atoms with E-state index >= 15 is 0 Å². The Labute approximate surface area is 322 Å². The maximum atomic E-state index is 14.5. The minimum Gasteiger partial charge on any atom is -0.497 e. The smallest absolute Gasteiger partial charge is 0.240 e. The SMILES string of the molecule is COc1ccc2c(c1)CCC1(O2)O[C@H](COCc2ccccc2)[C@H](OCc2ccccc2)[C@H](n2cc(-c3cc(F)c(F)c(F)c3)nn2)[C@H]1OCc1ccccc1. The van der Waals surface area contributed by atoms with E-state index in [1.54, 1.807) is 18.0 Å². The van der Waals surface area contributed by atoms with Gasteiger partial charge in [-0.1, -0.05) is 96.2 Å². The normalized spacial score (nSPS) is 21.7. The van der Waals surface area contributed by atoms with E-state index < -0.39 is 47.6 Å². The van der Waals surface area contributed by atoms with Gasteiger partial charge in [0.25, 0.3) is 0 Å². The van der Waals surface area contributed by atoms with Crippen LogP contribution >= 0.6 is 0 Å². The van der Waals surface area contributed by atoms with Crippen molar-refractivity contribution in [3.8, 4) is 22.8 Å². The Kier molecular flexibility index (Phi) is 11.1. The van der Waals surface area contributed by atoms with Gasteiger partial charge in [-0.3, -0.25) is 0 Å². The van der Waals surface area contributed by atoms with Crippen molar-refractivity contribution in [1.29, 1.82) is 0 Å².